The molecule has 0 aliphatic carbocycles. The molecule has 2 heteroatoms. The van der Waals surface area contributed by atoms with E-state index in [2.05, 4.69) is 58.0 Å². The Hall–Kier alpha value is -3.13. The van der Waals surface area contributed by atoms with Crippen LogP contribution in [0.1, 0.15) is 32.6 Å². The maximum atomic E-state index is 11.4. The predicted octanol–water partition coefficient (Wildman–Crippen LogP) is 6.41. The molecule has 2 nitrogen and oxygen atoms in total. The van der Waals surface area contributed by atoms with E-state index in [1.165, 1.54) is 21.9 Å². The number of fused-ring (bicyclic) bond motifs is 2. The zero-order valence-electron chi connectivity index (χ0n) is 16.1. The fourth-order valence-corrected chi connectivity index (χ4v) is 4.10. The summed E-state index contributed by atoms with van der Waals surface area (Å²) in [4.78, 5) is 11.4. The van der Waals surface area contributed by atoms with Gasteiger partial charge in [0.05, 0.1) is 5.56 Å². The Bertz CT molecular complexity index is 1170. The number of para-hydroxylation sites is 1. The molecule has 0 radical (unpaired) electrons. The highest BCUT2D eigenvalue weighted by atomic mass is 16.3. The van der Waals surface area contributed by atoms with E-state index in [-0.39, 0.29) is 5.75 Å². The summed E-state index contributed by atoms with van der Waals surface area (Å²) >= 11 is 0. The first-order chi connectivity index (χ1) is 12.9. The Labute approximate surface area is 159 Å². The van der Waals surface area contributed by atoms with Gasteiger partial charge in [-0.1, -0.05) is 36.4 Å². The third-order valence-electron chi connectivity index (χ3n) is 5.60. The maximum absolute atomic E-state index is 11.4. The first-order valence-electron chi connectivity index (χ1n) is 9.14. The van der Waals surface area contributed by atoms with Crippen LogP contribution in [0.25, 0.3) is 32.7 Å². The van der Waals surface area contributed by atoms with E-state index in [0.29, 0.717) is 17.4 Å². The van der Waals surface area contributed by atoms with E-state index in [4.69, 9.17) is 0 Å². The van der Waals surface area contributed by atoms with Gasteiger partial charge in [-0.15, -0.1) is 0 Å². The van der Waals surface area contributed by atoms with Crippen molar-refractivity contribution < 1.29 is 9.90 Å². The number of hydrogen-bond donors (Lipinski definition) is 1. The monoisotopic (exact) mass is 354 g/mol. The number of benzene rings is 4. The second-order valence-corrected chi connectivity index (χ2v) is 7.36. The van der Waals surface area contributed by atoms with Gasteiger partial charge < -0.3 is 5.11 Å². The van der Waals surface area contributed by atoms with Crippen LogP contribution in [0.2, 0.25) is 0 Å². The Kier molecular flexibility index (Phi) is 4.00. The average Bonchev–Trinajstić information content (AvgIpc) is 2.67. The first-order valence-corrected chi connectivity index (χ1v) is 9.14. The molecule has 0 saturated carbocycles. The van der Waals surface area contributed by atoms with Crippen molar-refractivity contribution >= 4 is 27.8 Å². The molecule has 0 heterocycles. The number of hydrogen-bond acceptors (Lipinski definition) is 2. The van der Waals surface area contributed by atoms with E-state index in [1.54, 1.807) is 6.07 Å². The minimum absolute atomic E-state index is 0.0445. The number of aromatic hydroxyl groups is 1. The van der Waals surface area contributed by atoms with Crippen molar-refractivity contribution in [1.82, 2.24) is 0 Å². The van der Waals surface area contributed by atoms with Crippen molar-refractivity contribution in [3.63, 3.8) is 0 Å². The largest absolute Gasteiger partial charge is 0.507 e. The van der Waals surface area contributed by atoms with Gasteiger partial charge in [0.25, 0.3) is 0 Å². The zero-order valence-corrected chi connectivity index (χ0v) is 16.1. The van der Waals surface area contributed by atoms with Crippen LogP contribution in [-0.2, 0) is 0 Å². The Morgan fingerprint density at radius 2 is 1.26 bits per heavy atom. The minimum Gasteiger partial charge on any atom is -0.507 e. The molecule has 0 aromatic heterocycles. The molecular weight excluding hydrogens is 332 g/mol. The van der Waals surface area contributed by atoms with Crippen LogP contribution < -0.4 is 0 Å². The van der Waals surface area contributed by atoms with Gasteiger partial charge in [-0.05, 0) is 83.6 Å². The van der Waals surface area contributed by atoms with Gasteiger partial charge in [-0.2, -0.15) is 0 Å². The van der Waals surface area contributed by atoms with Gasteiger partial charge in [-0.3, -0.25) is 4.79 Å². The summed E-state index contributed by atoms with van der Waals surface area (Å²) in [7, 11) is 0. The topological polar surface area (TPSA) is 37.3 Å². The third-order valence-corrected chi connectivity index (χ3v) is 5.60. The summed E-state index contributed by atoms with van der Waals surface area (Å²) in [6, 6.07) is 16.2. The average molecular weight is 354 g/mol. The van der Waals surface area contributed by atoms with Crippen molar-refractivity contribution in [1.29, 1.82) is 0 Å². The summed E-state index contributed by atoms with van der Waals surface area (Å²) in [5, 5.41) is 15.5. The summed E-state index contributed by atoms with van der Waals surface area (Å²) in [5.74, 6) is 0.0445. The lowest BCUT2D eigenvalue weighted by Gasteiger charge is -2.19. The van der Waals surface area contributed by atoms with Crippen molar-refractivity contribution in [3.8, 4) is 16.9 Å². The Morgan fingerprint density at radius 1 is 0.741 bits per heavy atom. The summed E-state index contributed by atoms with van der Waals surface area (Å²) in [6.45, 7) is 8.43. The normalized spacial score (nSPS) is 11.3. The molecule has 0 atom stereocenters. The highest BCUT2D eigenvalue weighted by Crippen LogP contribution is 2.44. The Morgan fingerprint density at radius 3 is 1.78 bits per heavy atom. The van der Waals surface area contributed by atoms with Gasteiger partial charge in [-0.25, -0.2) is 0 Å². The zero-order chi connectivity index (χ0) is 19.3. The van der Waals surface area contributed by atoms with Gasteiger partial charge in [0.15, 0.2) is 6.29 Å². The van der Waals surface area contributed by atoms with Crippen molar-refractivity contribution in [2.45, 2.75) is 27.7 Å². The number of carbonyl (C=O) groups excluding carboxylic acids is 1. The molecule has 4 rings (SSSR count). The molecule has 134 valence electrons. The molecule has 4 aromatic rings. The second kappa shape index (κ2) is 6.24. The molecule has 0 aliphatic heterocycles. The van der Waals surface area contributed by atoms with Crippen LogP contribution in [0, 0.1) is 27.7 Å². The van der Waals surface area contributed by atoms with Crippen LogP contribution in [0.15, 0.2) is 48.5 Å². The molecular formula is C25H22O2. The number of rotatable bonds is 2. The fraction of sp³-hybridized carbons (Fsp3) is 0.160. The maximum Gasteiger partial charge on any atom is 0.153 e. The van der Waals surface area contributed by atoms with E-state index >= 15 is 0 Å². The number of carbonyl (C=O) groups is 1. The van der Waals surface area contributed by atoms with Crippen LogP contribution in [-0.4, -0.2) is 11.4 Å². The number of phenols is 1. The highest BCUT2D eigenvalue weighted by Gasteiger charge is 2.19. The molecule has 0 spiro atoms. The Balaban J connectivity index is 2.36. The lowest BCUT2D eigenvalue weighted by Crippen LogP contribution is -1.95. The van der Waals surface area contributed by atoms with Crippen molar-refractivity contribution in [2.75, 3.05) is 0 Å². The molecule has 0 bridgehead atoms. The van der Waals surface area contributed by atoms with Crippen molar-refractivity contribution in [3.05, 3.63) is 76.3 Å². The molecule has 4 aromatic carbocycles. The third kappa shape index (κ3) is 2.52. The van der Waals surface area contributed by atoms with Gasteiger partial charge in [0, 0.05) is 11.1 Å². The van der Waals surface area contributed by atoms with Crippen LogP contribution in [0.4, 0.5) is 0 Å². The lowest BCUT2D eigenvalue weighted by atomic mass is 9.85. The van der Waals surface area contributed by atoms with E-state index in [9.17, 15) is 9.90 Å². The highest BCUT2D eigenvalue weighted by molar-refractivity contribution is 6.17. The van der Waals surface area contributed by atoms with Crippen LogP contribution in [0.3, 0.4) is 0 Å². The van der Waals surface area contributed by atoms with E-state index in [1.807, 2.05) is 12.1 Å². The lowest BCUT2D eigenvalue weighted by molar-refractivity contribution is 0.112. The molecule has 0 aliphatic rings. The molecule has 1 N–H and O–H groups in total. The quantitative estimate of drug-likeness (QED) is 0.333. The number of phenolic OH excluding ortho intramolecular Hbond substituents is 1. The minimum atomic E-state index is 0.0445. The SMILES string of the molecule is Cc1ccc(C)c2c(-c3cccc(C=O)c3O)c3c(C)ccc(C)c3cc12. The molecule has 0 unspecified atom stereocenters. The number of aryl methyl sites for hydroxylation is 4. The summed E-state index contributed by atoms with van der Waals surface area (Å²) in [5.41, 5.74) is 6.74. The fourth-order valence-electron chi connectivity index (χ4n) is 4.10. The smallest absolute Gasteiger partial charge is 0.153 e. The standard InChI is InChI=1S/C25H22O2/c1-14-8-10-16(3)22-20(14)12-21-15(2)9-11-17(4)23(21)24(22)19-7-5-6-18(13-26)25(19)27/h5-13,27H,1-4H3. The molecule has 0 amide bonds. The van der Waals surface area contributed by atoms with Gasteiger partial charge in [0.2, 0.25) is 0 Å². The molecule has 0 fully saturated rings. The molecule has 27 heavy (non-hydrogen) atoms. The van der Waals surface area contributed by atoms with Crippen LogP contribution in [0.5, 0.6) is 5.75 Å². The van der Waals surface area contributed by atoms with E-state index < -0.39 is 0 Å². The summed E-state index contributed by atoms with van der Waals surface area (Å²) < 4.78 is 0. The number of aldehydes is 1. The van der Waals surface area contributed by atoms with Gasteiger partial charge in [0.1, 0.15) is 5.75 Å². The predicted molar refractivity (Wildman–Crippen MR) is 113 cm³/mol. The van der Waals surface area contributed by atoms with Gasteiger partial charge >= 0.3 is 0 Å². The summed E-state index contributed by atoms with van der Waals surface area (Å²) in [6.07, 6.45) is 0.711. The first kappa shape index (κ1) is 17.3. The van der Waals surface area contributed by atoms with Crippen LogP contribution >= 0.6 is 0 Å². The van der Waals surface area contributed by atoms with E-state index in [0.717, 1.165) is 27.5 Å². The second-order valence-electron chi connectivity index (χ2n) is 7.36. The molecule has 0 saturated heterocycles. The van der Waals surface area contributed by atoms with Crippen molar-refractivity contribution in [2.24, 2.45) is 0 Å².